The van der Waals surface area contributed by atoms with E-state index in [-0.39, 0.29) is 12.5 Å². The second-order valence-corrected chi connectivity index (χ2v) is 5.81. The van der Waals surface area contributed by atoms with E-state index in [0.717, 1.165) is 24.2 Å². The molecule has 20 heavy (non-hydrogen) atoms. The molecular formula is C16H26N2O2. The summed E-state index contributed by atoms with van der Waals surface area (Å²) in [5.74, 6) is -0.0809. The summed E-state index contributed by atoms with van der Waals surface area (Å²) >= 11 is 0. The molecule has 0 unspecified atom stereocenters. The van der Waals surface area contributed by atoms with Gasteiger partial charge in [-0.05, 0) is 44.9 Å². The first-order chi connectivity index (χ1) is 9.33. The lowest BCUT2D eigenvalue weighted by atomic mass is 10.0. The van der Waals surface area contributed by atoms with Gasteiger partial charge in [0.1, 0.15) is 0 Å². The third-order valence-corrected chi connectivity index (χ3v) is 3.57. The summed E-state index contributed by atoms with van der Waals surface area (Å²) < 4.78 is 0. The Balaban J connectivity index is 3.08. The van der Waals surface area contributed by atoms with Gasteiger partial charge in [-0.25, -0.2) is 0 Å². The van der Waals surface area contributed by atoms with E-state index < -0.39 is 5.54 Å². The number of rotatable bonds is 6. The largest absolute Gasteiger partial charge is 0.394 e. The number of aliphatic hydroxyl groups is 1. The monoisotopic (exact) mass is 278 g/mol. The van der Waals surface area contributed by atoms with Gasteiger partial charge in [-0.2, -0.15) is 0 Å². The smallest absolute Gasteiger partial charge is 0.256 e. The summed E-state index contributed by atoms with van der Waals surface area (Å²) in [6, 6.07) is 5.77. The molecular weight excluding hydrogens is 252 g/mol. The maximum absolute atomic E-state index is 12.6. The molecule has 0 saturated carbocycles. The Hall–Kier alpha value is -1.55. The molecule has 1 aromatic carbocycles. The summed E-state index contributed by atoms with van der Waals surface area (Å²) in [6.45, 7) is 8.55. The number of nitrogens with one attached hydrogen (secondary N) is 1. The fourth-order valence-electron chi connectivity index (χ4n) is 1.81. The van der Waals surface area contributed by atoms with Crippen LogP contribution in [-0.2, 0) is 0 Å². The van der Waals surface area contributed by atoms with E-state index in [2.05, 4.69) is 12.2 Å². The van der Waals surface area contributed by atoms with Crippen molar-refractivity contribution in [1.29, 1.82) is 0 Å². The van der Waals surface area contributed by atoms with Crippen molar-refractivity contribution in [3.63, 3.8) is 0 Å². The highest BCUT2D eigenvalue weighted by Gasteiger charge is 2.28. The molecule has 2 N–H and O–H groups in total. The molecule has 1 rings (SSSR count). The topological polar surface area (TPSA) is 52.6 Å². The number of amides is 1. The molecule has 4 nitrogen and oxygen atoms in total. The van der Waals surface area contributed by atoms with Crippen molar-refractivity contribution in [2.45, 2.75) is 39.7 Å². The lowest BCUT2D eigenvalue weighted by Gasteiger charge is -2.34. The number of hydrogen-bond acceptors (Lipinski definition) is 3. The predicted octanol–water partition coefficient (Wildman–Crippen LogP) is 2.66. The zero-order chi connectivity index (χ0) is 15.3. The average Bonchev–Trinajstić information content (AvgIpc) is 2.43. The van der Waals surface area contributed by atoms with Crippen LogP contribution >= 0.6 is 0 Å². The summed E-state index contributed by atoms with van der Waals surface area (Å²) in [7, 11) is 1.72. The minimum Gasteiger partial charge on any atom is -0.394 e. The van der Waals surface area contributed by atoms with Gasteiger partial charge in [-0.15, -0.1) is 0 Å². The molecule has 0 aliphatic heterocycles. The molecule has 112 valence electrons. The van der Waals surface area contributed by atoms with Crippen molar-refractivity contribution in [2.75, 3.05) is 25.5 Å². The summed E-state index contributed by atoms with van der Waals surface area (Å²) in [5.41, 5.74) is 2.04. The molecule has 0 heterocycles. The first-order valence-electron chi connectivity index (χ1n) is 7.07. The molecule has 0 aliphatic rings. The highest BCUT2D eigenvalue weighted by atomic mass is 16.3. The lowest BCUT2D eigenvalue weighted by molar-refractivity contribution is 0.0474. The van der Waals surface area contributed by atoms with Crippen LogP contribution in [0.15, 0.2) is 18.2 Å². The Morgan fingerprint density at radius 1 is 1.40 bits per heavy atom. The number of hydrogen-bond donors (Lipinski definition) is 2. The van der Waals surface area contributed by atoms with Crippen LogP contribution in [0.5, 0.6) is 0 Å². The van der Waals surface area contributed by atoms with Crippen molar-refractivity contribution in [2.24, 2.45) is 0 Å². The Morgan fingerprint density at radius 3 is 2.60 bits per heavy atom. The van der Waals surface area contributed by atoms with Crippen molar-refractivity contribution < 1.29 is 9.90 Å². The first-order valence-corrected chi connectivity index (χ1v) is 7.07. The quantitative estimate of drug-likeness (QED) is 0.841. The third kappa shape index (κ3) is 3.73. The number of likely N-dealkylation sites (N-methyl/N-ethyl adjacent to an activating group) is 1. The zero-order valence-electron chi connectivity index (χ0n) is 13.2. The molecule has 0 spiro atoms. The van der Waals surface area contributed by atoms with E-state index in [1.807, 2.05) is 39.0 Å². The Labute approximate surface area is 121 Å². The fourth-order valence-corrected chi connectivity index (χ4v) is 1.81. The zero-order valence-corrected chi connectivity index (χ0v) is 13.2. The van der Waals surface area contributed by atoms with Gasteiger partial charge in [0.05, 0.1) is 17.7 Å². The standard InChI is InChI=1S/C16H26N2O2/c1-6-9-17-14-10-12(2)7-8-13(14)15(20)18(5)16(3,4)11-19/h7-8,10,17,19H,6,9,11H2,1-5H3. The van der Waals surface area contributed by atoms with Gasteiger partial charge in [-0.1, -0.05) is 13.0 Å². The van der Waals surface area contributed by atoms with Gasteiger partial charge in [0.15, 0.2) is 0 Å². The predicted molar refractivity (Wildman–Crippen MR) is 83.2 cm³/mol. The Kier molecular flexibility index (Phi) is 5.57. The highest BCUT2D eigenvalue weighted by molar-refractivity contribution is 6.00. The van der Waals surface area contributed by atoms with E-state index in [1.165, 1.54) is 0 Å². The second-order valence-electron chi connectivity index (χ2n) is 5.81. The first kappa shape index (κ1) is 16.5. The van der Waals surface area contributed by atoms with E-state index in [4.69, 9.17) is 0 Å². The van der Waals surface area contributed by atoms with Crippen LogP contribution in [0.1, 0.15) is 43.1 Å². The van der Waals surface area contributed by atoms with Gasteiger partial charge in [0.2, 0.25) is 0 Å². The van der Waals surface area contributed by atoms with Crippen LogP contribution in [0.25, 0.3) is 0 Å². The average molecular weight is 278 g/mol. The number of anilines is 1. The molecule has 4 heteroatoms. The van der Waals surface area contributed by atoms with Crippen molar-refractivity contribution in [1.82, 2.24) is 4.90 Å². The number of carbonyl (C=O) groups excluding carboxylic acids is 1. The molecule has 0 aliphatic carbocycles. The molecule has 0 radical (unpaired) electrons. The van der Waals surface area contributed by atoms with Crippen LogP contribution in [0, 0.1) is 6.92 Å². The van der Waals surface area contributed by atoms with Crippen LogP contribution in [0.3, 0.4) is 0 Å². The number of aliphatic hydroxyl groups excluding tert-OH is 1. The summed E-state index contributed by atoms with van der Waals surface area (Å²) in [5, 5.41) is 12.7. The van der Waals surface area contributed by atoms with Crippen LogP contribution in [0.2, 0.25) is 0 Å². The maximum Gasteiger partial charge on any atom is 0.256 e. The van der Waals surface area contributed by atoms with Crippen LogP contribution < -0.4 is 5.32 Å². The molecule has 0 fully saturated rings. The number of nitrogens with zero attached hydrogens (tertiary/aromatic N) is 1. The SMILES string of the molecule is CCCNc1cc(C)ccc1C(=O)N(C)C(C)(C)CO. The fraction of sp³-hybridized carbons (Fsp3) is 0.562. The van der Waals surface area contributed by atoms with E-state index in [0.29, 0.717) is 5.56 Å². The van der Waals surface area contributed by atoms with E-state index >= 15 is 0 Å². The lowest BCUT2D eigenvalue weighted by Crippen LogP contribution is -2.47. The number of benzene rings is 1. The Bertz CT molecular complexity index is 470. The number of aryl methyl sites for hydroxylation is 1. The summed E-state index contributed by atoms with van der Waals surface area (Å²) in [6.07, 6.45) is 1.000. The van der Waals surface area contributed by atoms with Crippen LogP contribution in [-0.4, -0.2) is 41.7 Å². The Morgan fingerprint density at radius 2 is 2.05 bits per heavy atom. The second kappa shape index (κ2) is 6.75. The van der Waals surface area contributed by atoms with Crippen molar-refractivity contribution in [3.05, 3.63) is 29.3 Å². The molecule has 0 aromatic heterocycles. The summed E-state index contributed by atoms with van der Waals surface area (Å²) in [4.78, 5) is 14.2. The van der Waals surface area contributed by atoms with Gasteiger partial charge in [-0.3, -0.25) is 4.79 Å². The van der Waals surface area contributed by atoms with Gasteiger partial charge in [0, 0.05) is 19.3 Å². The molecule has 1 amide bonds. The van der Waals surface area contributed by atoms with Gasteiger partial charge in [0.25, 0.3) is 5.91 Å². The molecule has 0 atom stereocenters. The van der Waals surface area contributed by atoms with Crippen LogP contribution in [0.4, 0.5) is 5.69 Å². The minimum absolute atomic E-state index is 0.0706. The van der Waals surface area contributed by atoms with Gasteiger partial charge >= 0.3 is 0 Å². The molecule has 0 bridgehead atoms. The van der Waals surface area contributed by atoms with Crippen molar-refractivity contribution in [3.8, 4) is 0 Å². The normalized spacial score (nSPS) is 11.3. The highest BCUT2D eigenvalue weighted by Crippen LogP contribution is 2.22. The van der Waals surface area contributed by atoms with E-state index in [1.54, 1.807) is 11.9 Å². The molecule has 0 saturated heterocycles. The minimum atomic E-state index is -0.579. The number of carbonyl (C=O) groups is 1. The van der Waals surface area contributed by atoms with Crippen molar-refractivity contribution >= 4 is 11.6 Å². The van der Waals surface area contributed by atoms with E-state index in [9.17, 15) is 9.90 Å². The van der Waals surface area contributed by atoms with Gasteiger partial charge < -0.3 is 15.3 Å². The maximum atomic E-state index is 12.6. The molecule has 1 aromatic rings. The third-order valence-electron chi connectivity index (χ3n) is 3.57.